The van der Waals surface area contributed by atoms with Gasteiger partial charge < -0.3 is 20.1 Å². The molecule has 5 nitrogen and oxygen atoms in total. The number of nitrogens with one attached hydrogen (secondary N) is 1. The molecule has 0 aromatic carbocycles. The first-order valence-corrected chi connectivity index (χ1v) is 6.80. The molecule has 106 valence electrons. The highest BCUT2D eigenvalue weighted by molar-refractivity contribution is 5.79. The molecule has 18 heavy (non-hydrogen) atoms. The molecule has 0 aromatic rings. The third kappa shape index (κ3) is 4.55. The summed E-state index contributed by atoms with van der Waals surface area (Å²) in [5.74, 6) is 0.0253. The number of aliphatic hydroxyl groups excluding tert-OH is 1. The maximum Gasteiger partial charge on any atom is 0.229 e. The minimum atomic E-state index is -0.367. The second-order valence-corrected chi connectivity index (χ2v) is 5.10. The van der Waals surface area contributed by atoms with Gasteiger partial charge in [-0.25, -0.2) is 0 Å². The second kappa shape index (κ2) is 7.71. The van der Waals surface area contributed by atoms with E-state index in [1.807, 2.05) is 0 Å². The lowest BCUT2D eigenvalue weighted by atomic mass is 10.0. The molecular formula is C13H26N2O3. The maximum absolute atomic E-state index is 12.3. The van der Waals surface area contributed by atoms with E-state index in [4.69, 9.17) is 4.74 Å². The summed E-state index contributed by atoms with van der Waals surface area (Å²) < 4.78 is 5.40. The first-order chi connectivity index (χ1) is 8.56. The zero-order valence-corrected chi connectivity index (χ0v) is 11.7. The number of ether oxygens (including phenoxy) is 1. The minimum Gasteiger partial charge on any atom is -0.393 e. The zero-order valence-electron chi connectivity index (χ0n) is 11.7. The molecule has 3 atom stereocenters. The van der Waals surface area contributed by atoms with Crippen molar-refractivity contribution in [2.45, 2.75) is 38.8 Å². The quantitative estimate of drug-likeness (QED) is 0.686. The number of nitrogens with zero attached hydrogens (tertiary/aromatic N) is 1. The molecule has 1 aliphatic rings. The highest BCUT2D eigenvalue weighted by Gasteiger charge is 2.35. The van der Waals surface area contributed by atoms with Crippen LogP contribution in [0.5, 0.6) is 0 Å². The van der Waals surface area contributed by atoms with Crippen LogP contribution in [0.15, 0.2) is 0 Å². The number of rotatable bonds is 7. The summed E-state index contributed by atoms with van der Waals surface area (Å²) >= 11 is 0. The van der Waals surface area contributed by atoms with Gasteiger partial charge in [0, 0.05) is 19.6 Å². The molecule has 3 unspecified atom stereocenters. The Morgan fingerprint density at radius 3 is 2.89 bits per heavy atom. The van der Waals surface area contributed by atoms with Gasteiger partial charge >= 0.3 is 0 Å². The normalized spacial score (nSPS) is 25.1. The van der Waals surface area contributed by atoms with Crippen LogP contribution in [0, 0.1) is 5.92 Å². The summed E-state index contributed by atoms with van der Waals surface area (Å²) in [5.41, 5.74) is 0. The van der Waals surface area contributed by atoms with Crippen LogP contribution in [-0.4, -0.2) is 61.4 Å². The highest BCUT2D eigenvalue weighted by atomic mass is 16.5. The van der Waals surface area contributed by atoms with Gasteiger partial charge in [0.2, 0.25) is 5.91 Å². The van der Waals surface area contributed by atoms with Gasteiger partial charge in [-0.05, 0) is 26.3 Å². The van der Waals surface area contributed by atoms with Crippen molar-refractivity contribution in [2.24, 2.45) is 5.92 Å². The van der Waals surface area contributed by atoms with Gasteiger partial charge in [-0.15, -0.1) is 0 Å². The number of hydrogen-bond acceptors (Lipinski definition) is 4. The lowest BCUT2D eigenvalue weighted by Gasteiger charge is -2.24. The van der Waals surface area contributed by atoms with E-state index in [0.717, 1.165) is 13.0 Å². The van der Waals surface area contributed by atoms with Crippen molar-refractivity contribution in [3.8, 4) is 0 Å². The van der Waals surface area contributed by atoms with Gasteiger partial charge in [0.1, 0.15) is 0 Å². The van der Waals surface area contributed by atoms with Gasteiger partial charge in [-0.3, -0.25) is 4.79 Å². The summed E-state index contributed by atoms with van der Waals surface area (Å²) in [5, 5.41) is 12.6. The average Bonchev–Trinajstić information content (AvgIpc) is 2.80. The van der Waals surface area contributed by atoms with E-state index in [0.29, 0.717) is 26.2 Å². The fourth-order valence-electron chi connectivity index (χ4n) is 2.10. The zero-order chi connectivity index (χ0) is 13.5. The largest absolute Gasteiger partial charge is 0.393 e. The minimum absolute atomic E-state index is 0.0875. The van der Waals surface area contributed by atoms with Crippen LogP contribution < -0.4 is 5.32 Å². The maximum atomic E-state index is 12.3. The summed E-state index contributed by atoms with van der Waals surface area (Å²) in [4.78, 5) is 14.0. The van der Waals surface area contributed by atoms with E-state index in [1.165, 1.54) is 0 Å². The number of amides is 1. The molecule has 0 spiro atoms. The van der Waals surface area contributed by atoms with E-state index in [1.54, 1.807) is 18.9 Å². The van der Waals surface area contributed by atoms with E-state index in [-0.39, 0.29) is 24.0 Å². The molecule has 0 aromatic heterocycles. The third-order valence-electron chi connectivity index (χ3n) is 3.31. The highest BCUT2D eigenvalue weighted by Crippen LogP contribution is 2.16. The van der Waals surface area contributed by atoms with E-state index >= 15 is 0 Å². The van der Waals surface area contributed by atoms with Crippen LogP contribution in [0.4, 0.5) is 0 Å². The Kier molecular flexibility index (Phi) is 6.60. The fraction of sp³-hybridized carbons (Fsp3) is 0.923. The van der Waals surface area contributed by atoms with Crippen molar-refractivity contribution < 1.29 is 14.6 Å². The summed E-state index contributed by atoms with van der Waals surface area (Å²) in [7, 11) is 1.79. The van der Waals surface area contributed by atoms with Crippen molar-refractivity contribution in [1.82, 2.24) is 10.2 Å². The molecule has 1 aliphatic heterocycles. The molecule has 1 saturated heterocycles. The molecule has 0 bridgehead atoms. The second-order valence-electron chi connectivity index (χ2n) is 5.10. The topological polar surface area (TPSA) is 61.8 Å². The smallest absolute Gasteiger partial charge is 0.229 e. The predicted molar refractivity (Wildman–Crippen MR) is 70.3 cm³/mol. The van der Waals surface area contributed by atoms with Crippen LogP contribution >= 0.6 is 0 Å². The SMILES string of the molecule is CCCNC1COCC1C(=O)N(C)CCC(C)O. The molecule has 0 aliphatic carbocycles. The van der Waals surface area contributed by atoms with Gasteiger partial charge in [-0.2, -0.15) is 0 Å². The number of carbonyl (C=O) groups is 1. The molecule has 1 fully saturated rings. The van der Waals surface area contributed by atoms with Crippen LogP contribution in [0.25, 0.3) is 0 Å². The van der Waals surface area contributed by atoms with Crippen molar-refractivity contribution in [3.63, 3.8) is 0 Å². The fourth-order valence-corrected chi connectivity index (χ4v) is 2.10. The molecule has 0 radical (unpaired) electrons. The van der Waals surface area contributed by atoms with Crippen LogP contribution in [0.1, 0.15) is 26.7 Å². The van der Waals surface area contributed by atoms with Crippen LogP contribution in [0.2, 0.25) is 0 Å². The Labute approximate surface area is 109 Å². The standard InChI is InChI=1S/C13H26N2O3/c1-4-6-14-12-9-18-8-11(12)13(17)15(3)7-5-10(2)16/h10-12,14,16H,4-9H2,1-3H3. The van der Waals surface area contributed by atoms with Gasteiger partial charge in [-0.1, -0.05) is 6.92 Å². The molecule has 1 amide bonds. The van der Waals surface area contributed by atoms with Crippen molar-refractivity contribution in [1.29, 1.82) is 0 Å². The Balaban J connectivity index is 2.43. The van der Waals surface area contributed by atoms with Gasteiger partial charge in [0.05, 0.1) is 25.2 Å². The monoisotopic (exact) mass is 258 g/mol. The molecule has 5 heteroatoms. The van der Waals surface area contributed by atoms with Crippen LogP contribution in [-0.2, 0) is 9.53 Å². The Morgan fingerprint density at radius 2 is 2.28 bits per heavy atom. The van der Waals surface area contributed by atoms with Crippen molar-refractivity contribution >= 4 is 5.91 Å². The Morgan fingerprint density at radius 1 is 1.56 bits per heavy atom. The average molecular weight is 258 g/mol. The Bertz CT molecular complexity index is 259. The molecule has 1 heterocycles. The molecule has 2 N–H and O–H groups in total. The first-order valence-electron chi connectivity index (χ1n) is 6.80. The number of carbonyl (C=O) groups excluding carboxylic acids is 1. The predicted octanol–water partition coefficient (Wildman–Crippen LogP) is 0.230. The molecular weight excluding hydrogens is 232 g/mol. The number of aliphatic hydroxyl groups is 1. The van der Waals surface area contributed by atoms with E-state index in [9.17, 15) is 9.90 Å². The summed E-state index contributed by atoms with van der Waals surface area (Å²) in [6.07, 6.45) is 1.30. The van der Waals surface area contributed by atoms with Crippen molar-refractivity contribution in [3.05, 3.63) is 0 Å². The lowest BCUT2D eigenvalue weighted by molar-refractivity contribution is -0.134. The van der Waals surface area contributed by atoms with Crippen LogP contribution in [0.3, 0.4) is 0 Å². The third-order valence-corrected chi connectivity index (χ3v) is 3.31. The van der Waals surface area contributed by atoms with E-state index < -0.39 is 0 Å². The first kappa shape index (κ1) is 15.4. The summed E-state index contributed by atoms with van der Waals surface area (Å²) in [6.45, 7) is 6.46. The summed E-state index contributed by atoms with van der Waals surface area (Å²) in [6, 6.07) is 0.131. The molecule has 1 rings (SSSR count). The number of hydrogen-bond donors (Lipinski definition) is 2. The van der Waals surface area contributed by atoms with E-state index in [2.05, 4.69) is 12.2 Å². The Hall–Kier alpha value is -0.650. The van der Waals surface area contributed by atoms with Crippen molar-refractivity contribution in [2.75, 3.05) is 33.4 Å². The molecule has 0 saturated carbocycles. The van der Waals surface area contributed by atoms with Gasteiger partial charge in [0.15, 0.2) is 0 Å². The lowest BCUT2D eigenvalue weighted by Crippen LogP contribution is -2.45. The van der Waals surface area contributed by atoms with Gasteiger partial charge in [0.25, 0.3) is 0 Å².